The summed E-state index contributed by atoms with van der Waals surface area (Å²) in [4.78, 5) is 34.0. The zero-order valence-electron chi connectivity index (χ0n) is 15.7. The van der Waals surface area contributed by atoms with Crippen molar-refractivity contribution in [3.05, 3.63) is 46.3 Å². The molecule has 0 spiro atoms. The number of anilines is 1. The molecule has 1 unspecified atom stereocenters. The van der Waals surface area contributed by atoms with Crippen LogP contribution in [0.25, 0.3) is 0 Å². The van der Waals surface area contributed by atoms with E-state index in [0.717, 1.165) is 43.2 Å². The maximum absolute atomic E-state index is 12.4. The van der Waals surface area contributed by atoms with Crippen LogP contribution in [0.5, 0.6) is 0 Å². The van der Waals surface area contributed by atoms with Gasteiger partial charge in [-0.25, -0.2) is 4.98 Å². The minimum Gasteiger partial charge on any atom is -0.376 e. The van der Waals surface area contributed by atoms with Gasteiger partial charge in [0.2, 0.25) is 0 Å². The third kappa shape index (κ3) is 4.34. The predicted molar refractivity (Wildman–Crippen MR) is 108 cm³/mol. The van der Waals surface area contributed by atoms with E-state index in [9.17, 15) is 9.59 Å². The topological polar surface area (TPSA) is 74.8 Å². The third-order valence-corrected chi connectivity index (χ3v) is 6.01. The minimum atomic E-state index is -0.124. The first-order chi connectivity index (χ1) is 13.7. The molecule has 0 aliphatic carbocycles. The van der Waals surface area contributed by atoms with Crippen LogP contribution in [0.4, 0.5) is 5.82 Å². The first-order valence-electron chi connectivity index (χ1n) is 9.64. The van der Waals surface area contributed by atoms with Crippen molar-refractivity contribution >= 4 is 29.0 Å². The lowest BCUT2D eigenvalue weighted by Crippen LogP contribution is -2.48. The molecule has 1 atom stereocenters. The number of nitrogens with zero attached hydrogens (tertiary/aromatic N) is 3. The van der Waals surface area contributed by atoms with E-state index in [-0.39, 0.29) is 17.9 Å². The second-order valence-corrected chi connectivity index (χ2v) is 7.95. The van der Waals surface area contributed by atoms with Gasteiger partial charge in [-0.15, -0.1) is 11.3 Å². The maximum atomic E-state index is 12.4. The van der Waals surface area contributed by atoms with Gasteiger partial charge in [-0.05, 0) is 36.4 Å². The van der Waals surface area contributed by atoms with Gasteiger partial charge in [0.05, 0.1) is 16.5 Å². The van der Waals surface area contributed by atoms with E-state index < -0.39 is 0 Å². The molecular weight excluding hydrogens is 376 g/mol. The normalized spacial score (nSPS) is 19.6. The van der Waals surface area contributed by atoms with E-state index in [1.807, 2.05) is 28.5 Å². The van der Waals surface area contributed by atoms with Crippen LogP contribution >= 0.6 is 11.3 Å². The van der Waals surface area contributed by atoms with E-state index in [1.54, 1.807) is 12.3 Å². The first-order valence-corrected chi connectivity index (χ1v) is 10.5. The van der Waals surface area contributed by atoms with Gasteiger partial charge in [0.25, 0.3) is 11.8 Å². The lowest BCUT2D eigenvalue weighted by atomic mass is 10.2. The molecule has 2 aromatic heterocycles. The van der Waals surface area contributed by atoms with E-state index >= 15 is 0 Å². The Morgan fingerprint density at radius 3 is 2.71 bits per heavy atom. The number of hydrogen-bond donors (Lipinski definition) is 1. The molecule has 28 heavy (non-hydrogen) atoms. The molecule has 2 saturated heterocycles. The summed E-state index contributed by atoms with van der Waals surface area (Å²) in [7, 11) is 0. The van der Waals surface area contributed by atoms with Gasteiger partial charge in [0.1, 0.15) is 5.82 Å². The summed E-state index contributed by atoms with van der Waals surface area (Å²) in [6, 6.07) is 7.44. The molecule has 0 aromatic carbocycles. The maximum Gasteiger partial charge on any atom is 0.264 e. The average Bonchev–Trinajstić information content (AvgIpc) is 3.46. The van der Waals surface area contributed by atoms with E-state index in [4.69, 9.17) is 4.74 Å². The van der Waals surface area contributed by atoms with Crippen LogP contribution in [0.3, 0.4) is 0 Å². The van der Waals surface area contributed by atoms with E-state index in [1.165, 1.54) is 11.3 Å². The minimum absolute atomic E-state index is 0.0980. The molecule has 4 rings (SSSR count). The Morgan fingerprint density at radius 1 is 1.21 bits per heavy atom. The van der Waals surface area contributed by atoms with Gasteiger partial charge in [0, 0.05) is 45.5 Å². The van der Waals surface area contributed by atoms with Crippen molar-refractivity contribution in [3.8, 4) is 0 Å². The lowest BCUT2D eigenvalue weighted by molar-refractivity contribution is 0.0751. The zero-order valence-corrected chi connectivity index (χ0v) is 16.5. The van der Waals surface area contributed by atoms with Gasteiger partial charge >= 0.3 is 0 Å². The number of nitrogens with one attached hydrogen (secondary N) is 1. The summed E-state index contributed by atoms with van der Waals surface area (Å²) < 4.78 is 5.52. The van der Waals surface area contributed by atoms with Crippen LogP contribution in [0.15, 0.2) is 35.8 Å². The molecule has 8 heteroatoms. The molecule has 2 aliphatic heterocycles. The number of thiophene rings is 1. The smallest absolute Gasteiger partial charge is 0.264 e. The molecular formula is C20H24N4O3S. The predicted octanol–water partition coefficient (Wildman–Crippen LogP) is 2.01. The fraction of sp³-hybridized carbons (Fsp3) is 0.450. The number of ether oxygens (including phenoxy) is 1. The summed E-state index contributed by atoms with van der Waals surface area (Å²) >= 11 is 1.48. The fourth-order valence-corrected chi connectivity index (χ4v) is 4.21. The molecule has 148 valence electrons. The number of piperazine rings is 1. The highest BCUT2D eigenvalue weighted by atomic mass is 32.1. The van der Waals surface area contributed by atoms with Gasteiger partial charge in [-0.1, -0.05) is 6.07 Å². The second kappa shape index (κ2) is 8.70. The van der Waals surface area contributed by atoms with Crippen molar-refractivity contribution in [2.45, 2.75) is 18.9 Å². The Morgan fingerprint density at radius 2 is 2.07 bits per heavy atom. The molecule has 1 N–H and O–H groups in total. The van der Waals surface area contributed by atoms with Crippen molar-refractivity contribution in [3.63, 3.8) is 0 Å². The SMILES string of the molecule is O=C(NCC1CCCO1)c1ccc(N2CCN(C(=O)c3cccs3)CC2)nc1. The number of carbonyl (C=O) groups excluding carboxylic acids is 2. The standard InChI is InChI=1S/C20H24N4O3S/c25-19(22-14-16-3-1-11-27-16)15-5-6-18(21-13-15)23-7-9-24(10-8-23)20(26)17-4-2-12-28-17/h2,4-6,12-13,16H,1,3,7-11,14H2,(H,22,25). The molecule has 2 amide bonds. The Labute approximate surface area is 168 Å². The van der Waals surface area contributed by atoms with Gasteiger partial charge in [-0.3, -0.25) is 9.59 Å². The van der Waals surface area contributed by atoms with Crippen molar-refractivity contribution in [1.82, 2.24) is 15.2 Å². The third-order valence-electron chi connectivity index (χ3n) is 5.15. The zero-order chi connectivity index (χ0) is 19.3. The molecule has 2 fully saturated rings. The number of carbonyl (C=O) groups is 2. The fourth-order valence-electron chi connectivity index (χ4n) is 3.52. The Bertz CT molecular complexity index is 795. The molecule has 2 aliphatic rings. The number of pyridine rings is 1. The molecule has 4 heterocycles. The van der Waals surface area contributed by atoms with Crippen LogP contribution in [0.2, 0.25) is 0 Å². The van der Waals surface area contributed by atoms with Crippen molar-refractivity contribution in [1.29, 1.82) is 0 Å². The van der Waals surface area contributed by atoms with E-state index in [2.05, 4.69) is 15.2 Å². The highest BCUT2D eigenvalue weighted by Gasteiger charge is 2.23. The average molecular weight is 401 g/mol. The van der Waals surface area contributed by atoms with Crippen LogP contribution in [-0.4, -0.2) is 67.1 Å². The van der Waals surface area contributed by atoms with Gasteiger partial charge in [-0.2, -0.15) is 0 Å². The molecule has 0 bridgehead atoms. The number of rotatable bonds is 5. The Kier molecular flexibility index (Phi) is 5.87. The van der Waals surface area contributed by atoms with Crippen molar-refractivity contribution in [2.75, 3.05) is 44.2 Å². The first kappa shape index (κ1) is 18.9. The second-order valence-electron chi connectivity index (χ2n) is 7.01. The molecule has 0 saturated carbocycles. The number of hydrogen-bond acceptors (Lipinski definition) is 6. The lowest BCUT2D eigenvalue weighted by Gasteiger charge is -2.35. The summed E-state index contributed by atoms with van der Waals surface area (Å²) in [6.07, 6.45) is 3.80. The van der Waals surface area contributed by atoms with Crippen LogP contribution in [0.1, 0.15) is 32.9 Å². The highest BCUT2D eigenvalue weighted by molar-refractivity contribution is 7.12. The largest absolute Gasteiger partial charge is 0.376 e. The van der Waals surface area contributed by atoms with Crippen LogP contribution in [0, 0.1) is 0 Å². The quantitative estimate of drug-likeness (QED) is 0.831. The summed E-state index contributed by atoms with van der Waals surface area (Å²) in [5.41, 5.74) is 0.549. The molecule has 0 radical (unpaired) electrons. The Hall–Kier alpha value is -2.45. The number of amides is 2. The van der Waals surface area contributed by atoms with E-state index in [0.29, 0.717) is 25.2 Å². The molecule has 2 aromatic rings. The summed E-state index contributed by atoms with van der Waals surface area (Å²) in [5.74, 6) is 0.806. The van der Waals surface area contributed by atoms with Crippen LogP contribution < -0.4 is 10.2 Å². The highest BCUT2D eigenvalue weighted by Crippen LogP contribution is 2.18. The molecule has 7 nitrogen and oxygen atoms in total. The Balaban J connectivity index is 1.28. The van der Waals surface area contributed by atoms with Gasteiger partial charge in [0.15, 0.2) is 0 Å². The monoisotopic (exact) mass is 400 g/mol. The summed E-state index contributed by atoms with van der Waals surface area (Å²) in [5, 5.41) is 4.83. The van der Waals surface area contributed by atoms with Gasteiger partial charge < -0.3 is 19.9 Å². The van der Waals surface area contributed by atoms with Crippen molar-refractivity contribution < 1.29 is 14.3 Å². The summed E-state index contributed by atoms with van der Waals surface area (Å²) in [6.45, 7) is 4.12. The van der Waals surface area contributed by atoms with Crippen LogP contribution in [-0.2, 0) is 4.74 Å². The van der Waals surface area contributed by atoms with Crippen molar-refractivity contribution in [2.24, 2.45) is 0 Å². The number of aromatic nitrogens is 1.